The van der Waals surface area contributed by atoms with Crippen LogP contribution in [0.2, 0.25) is 0 Å². The number of ether oxygens (including phenoxy) is 1. The summed E-state index contributed by atoms with van der Waals surface area (Å²) >= 11 is 0. The van der Waals surface area contributed by atoms with E-state index in [0.717, 1.165) is 37.4 Å². The molecular formula is C17H37IN4O. The lowest BCUT2D eigenvalue weighted by atomic mass is 9.92. The van der Waals surface area contributed by atoms with Crippen molar-refractivity contribution in [2.75, 3.05) is 46.4 Å². The Bertz CT molecular complexity index is 339. The van der Waals surface area contributed by atoms with Crippen molar-refractivity contribution in [2.45, 2.75) is 46.6 Å². The molecule has 1 heterocycles. The fourth-order valence-corrected chi connectivity index (χ4v) is 2.98. The first kappa shape index (κ1) is 22.9. The van der Waals surface area contributed by atoms with Crippen molar-refractivity contribution in [3.05, 3.63) is 0 Å². The molecular weight excluding hydrogens is 403 g/mol. The number of nitrogens with one attached hydrogen (secondary N) is 2. The first-order valence-electron chi connectivity index (χ1n) is 8.66. The number of aliphatic imine (C=N–C) groups is 1. The molecule has 1 fully saturated rings. The van der Waals surface area contributed by atoms with Gasteiger partial charge in [0.1, 0.15) is 0 Å². The largest absolute Gasteiger partial charge is 0.377 e. The summed E-state index contributed by atoms with van der Waals surface area (Å²) in [6.45, 7) is 16.9. The van der Waals surface area contributed by atoms with Crippen LogP contribution in [0.25, 0.3) is 0 Å². The van der Waals surface area contributed by atoms with Gasteiger partial charge in [-0.25, -0.2) is 0 Å². The lowest BCUT2D eigenvalue weighted by Gasteiger charge is -2.35. The molecule has 5 nitrogen and oxygen atoms in total. The topological polar surface area (TPSA) is 48.9 Å². The van der Waals surface area contributed by atoms with Gasteiger partial charge in [0.2, 0.25) is 0 Å². The van der Waals surface area contributed by atoms with Crippen molar-refractivity contribution < 1.29 is 4.74 Å². The van der Waals surface area contributed by atoms with Crippen molar-refractivity contribution in [1.29, 1.82) is 0 Å². The summed E-state index contributed by atoms with van der Waals surface area (Å²) in [7, 11) is 1.73. The summed E-state index contributed by atoms with van der Waals surface area (Å²) in [5.41, 5.74) is -0.222. The maximum absolute atomic E-state index is 5.42. The highest BCUT2D eigenvalue weighted by molar-refractivity contribution is 14.0. The maximum Gasteiger partial charge on any atom is 0.191 e. The number of rotatable bonds is 7. The third-order valence-corrected chi connectivity index (χ3v) is 4.18. The number of methoxy groups -OCH3 is 1. The van der Waals surface area contributed by atoms with Crippen LogP contribution in [-0.4, -0.2) is 62.8 Å². The molecule has 2 unspecified atom stereocenters. The summed E-state index contributed by atoms with van der Waals surface area (Å²) in [5, 5.41) is 6.74. The Balaban J connectivity index is 0.00000484. The average molecular weight is 440 g/mol. The molecule has 138 valence electrons. The van der Waals surface area contributed by atoms with Crippen LogP contribution in [0.5, 0.6) is 0 Å². The van der Waals surface area contributed by atoms with Crippen LogP contribution in [0.1, 0.15) is 41.0 Å². The Hall–Kier alpha value is -0.0800. The molecule has 6 heteroatoms. The first-order chi connectivity index (χ1) is 10.4. The molecule has 1 aliphatic rings. The summed E-state index contributed by atoms with van der Waals surface area (Å²) in [4.78, 5) is 7.18. The SMILES string of the molecule is CCNC(=NCC(C)(C)OC)NCCN1CC(C)CC(C)C1.I. The summed E-state index contributed by atoms with van der Waals surface area (Å²) in [6, 6.07) is 0. The predicted octanol–water partition coefficient (Wildman–Crippen LogP) is 2.56. The Labute approximate surface area is 160 Å². The van der Waals surface area contributed by atoms with Gasteiger partial charge in [0.15, 0.2) is 5.96 Å². The van der Waals surface area contributed by atoms with Crippen LogP contribution in [-0.2, 0) is 4.74 Å². The van der Waals surface area contributed by atoms with Crippen LogP contribution in [0.3, 0.4) is 0 Å². The van der Waals surface area contributed by atoms with E-state index in [4.69, 9.17) is 4.74 Å². The van der Waals surface area contributed by atoms with Crippen molar-refractivity contribution in [3.63, 3.8) is 0 Å². The van der Waals surface area contributed by atoms with Gasteiger partial charge in [0.25, 0.3) is 0 Å². The smallest absolute Gasteiger partial charge is 0.191 e. The number of hydrogen-bond acceptors (Lipinski definition) is 3. The van der Waals surface area contributed by atoms with Gasteiger partial charge in [-0.3, -0.25) is 4.99 Å². The van der Waals surface area contributed by atoms with Crippen molar-refractivity contribution in [3.8, 4) is 0 Å². The molecule has 1 rings (SSSR count). The number of nitrogens with zero attached hydrogens (tertiary/aromatic N) is 2. The fraction of sp³-hybridized carbons (Fsp3) is 0.941. The van der Waals surface area contributed by atoms with E-state index in [1.807, 2.05) is 0 Å². The third-order valence-electron chi connectivity index (χ3n) is 4.18. The molecule has 1 saturated heterocycles. The quantitative estimate of drug-likeness (QED) is 0.363. The minimum absolute atomic E-state index is 0. The average Bonchev–Trinajstić information content (AvgIpc) is 2.44. The van der Waals surface area contributed by atoms with E-state index in [9.17, 15) is 0 Å². The predicted molar refractivity (Wildman–Crippen MR) is 110 cm³/mol. The molecule has 0 aromatic rings. The molecule has 23 heavy (non-hydrogen) atoms. The summed E-state index contributed by atoms with van der Waals surface area (Å²) < 4.78 is 5.42. The lowest BCUT2D eigenvalue weighted by molar-refractivity contribution is 0.0310. The number of hydrogen-bond donors (Lipinski definition) is 2. The Morgan fingerprint density at radius 3 is 2.35 bits per heavy atom. The number of halogens is 1. The van der Waals surface area contributed by atoms with Crippen molar-refractivity contribution >= 4 is 29.9 Å². The molecule has 0 radical (unpaired) electrons. The number of piperidine rings is 1. The Kier molecular flexibility index (Phi) is 11.4. The highest BCUT2D eigenvalue weighted by Crippen LogP contribution is 2.20. The zero-order valence-electron chi connectivity index (χ0n) is 15.8. The molecule has 0 saturated carbocycles. The molecule has 1 aliphatic heterocycles. The second-order valence-electron chi connectivity index (χ2n) is 7.29. The van der Waals surface area contributed by atoms with Crippen LogP contribution >= 0.6 is 24.0 Å². The Morgan fingerprint density at radius 2 is 1.83 bits per heavy atom. The van der Waals surface area contributed by atoms with E-state index in [1.165, 1.54) is 19.5 Å². The third kappa shape index (κ3) is 9.72. The molecule has 0 aromatic carbocycles. The van der Waals surface area contributed by atoms with Gasteiger partial charge in [-0.15, -0.1) is 24.0 Å². The van der Waals surface area contributed by atoms with E-state index in [0.29, 0.717) is 6.54 Å². The van der Waals surface area contributed by atoms with Crippen LogP contribution < -0.4 is 10.6 Å². The Morgan fingerprint density at radius 1 is 1.22 bits per heavy atom. The summed E-state index contributed by atoms with van der Waals surface area (Å²) in [6.07, 6.45) is 1.36. The van der Waals surface area contributed by atoms with Gasteiger partial charge in [0.05, 0.1) is 12.1 Å². The highest BCUT2D eigenvalue weighted by atomic mass is 127. The minimum atomic E-state index is -0.222. The standard InChI is InChI=1S/C17H36N4O.HI/c1-7-18-16(20-13-17(4,5)22-6)19-8-9-21-11-14(2)10-15(3)12-21;/h14-15H,7-13H2,1-6H3,(H2,18,19,20);1H. The molecule has 0 aliphatic carbocycles. The molecule has 0 spiro atoms. The van der Waals surface area contributed by atoms with E-state index < -0.39 is 0 Å². The highest BCUT2D eigenvalue weighted by Gasteiger charge is 2.21. The lowest BCUT2D eigenvalue weighted by Crippen LogP contribution is -2.45. The van der Waals surface area contributed by atoms with E-state index in [1.54, 1.807) is 7.11 Å². The van der Waals surface area contributed by atoms with Crippen molar-refractivity contribution in [2.24, 2.45) is 16.8 Å². The van der Waals surface area contributed by atoms with Crippen LogP contribution in [0.4, 0.5) is 0 Å². The van der Waals surface area contributed by atoms with Gasteiger partial charge in [-0.2, -0.15) is 0 Å². The minimum Gasteiger partial charge on any atom is -0.377 e. The van der Waals surface area contributed by atoms with Crippen LogP contribution in [0, 0.1) is 11.8 Å². The first-order valence-corrected chi connectivity index (χ1v) is 8.66. The number of guanidine groups is 1. The molecule has 0 bridgehead atoms. The second-order valence-corrected chi connectivity index (χ2v) is 7.29. The molecule has 2 atom stereocenters. The van der Waals surface area contributed by atoms with Gasteiger partial charge in [0, 0.05) is 39.8 Å². The maximum atomic E-state index is 5.42. The van der Waals surface area contributed by atoms with Crippen molar-refractivity contribution in [1.82, 2.24) is 15.5 Å². The fourth-order valence-electron chi connectivity index (χ4n) is 2.98. The van der Waals surface area contributed by atoms with Gasteiger partial charge in [-0.05, 0) is 39.0 Å². The van der Waals surface area contributed by atoms with E-state index >= 15 is 0 Å². The van der Waals surface area contributed by atoms with E-state index in [-0.39, 0.29) is 29.6 Å². The summed E-state index contributed by atoms with van der Waals surface area (Å²) in [5.74, 6) is 2.51. The molecule has 0 amide bonds. The zero-order valence-corrected chi connectivity index (χ0v) is 18.1. The molecule has 0 aromatic heterocycles. The van der Waals surface area contributed by atoms with Crippen LogP contribution in [0.15, 0.2) is 4.99 Å². The normalized spacial score (nSPS) is 23.3. The molecule has 2 N–H and O–H groups in total. The van der Waals surface area contributed by atoms with Gasteiger partial charge >= 0.3 is 0 Å². The monoisotopic (exact) mass is 440 g/mol. The van der Waals surface area contributed by atoms with E-state index in [2.05, 4.69) is 55.1 Å². The second kappa shape index (κ2) is 11.5. The van der Waals surface area contributed by atoms with Gasteiger partial charge < -0.3 is 20.3 Å². The zero-order chi connectivity index (χ0) is 16.6. The number of likely N-dealkylation sites (tertiary alicyclic amines) is 1. The van der Waals surface area contributed by atoms with Gasteiger partial charge in [-0.1, -0.05) is 13.8 Å².